The number of nitrogens with zero attached hydrogens (tertiary/aromatic N) is 2. The first-order valence-corrected chi connectivity index (χ1v) is 13.3. The molecule has 0 saturated carbocycles. The van der Waals surface area contributed by atoms with Crippen LogP contribution in [0.15, 0.2) is 47.0 Å². The standard InChI is InChI=1S/C29H27ClN2O4S/c1-16-11-20(18(3)32(16)28-12-17(2)36-31-28)5-6-23(34)7-8-24-14-22-13-21(15-25(30)29(22)35-24)27-10-9-26(37-27)19(4)33/h5-6,9-13,15,24H,7-8,14H2,1-4H3/b6-5+. The van der Waals surface area contributed by atoms with Crippen LogP contribution >= 0.6 is 22.9 Å². The normalized spacial score (nSPS) is 14.8. The molecule has 0 amide bonds. The van der Waals surface area contributed by atoms with E-state index in [-0.39, 0.29) is 17.7 Å². The van der Waals surface area contributed by atoms with Crippen LogP contribution in [0, 0.1) is 20.8 Å². The summed E-state index contributed by atoms with van der Waals surface area (Å²) in [4.78, 5) is 26.0. The van der Waals surface area contributed by atoms with Crippen LogP contribution in [0.2, 0.25) is 5.02 Å². The highest BCUT2D eigenvalue weighted by Gasteiger charge is 2.26. The number of ketones is 2. The zero-order valence-electron chi connectivity index (χ0n) is 21.1. The van der Waals surface area contributed by atoms with Crippen LogP contribution in [0.3, 0.4) is 0 Å². The van der Waals surface area contributed by atoms with Crippen molar-refractivity contribution in [1.82, 2.24) is 9.72 Å². The molecule has 5 rings (SSSR count). The lowest BCUT2D eigenvalue weighted by Gasteiger charge is -2.10. The van der Waals surface area contributed by atoms with Gasteiger partial charge in [-0.05, 0) is 87.7 Å². The predicted octanol–water partition coefficient (Wildman–Crippen LogP) is 7.34. The summed E-state index contributed by atoms with van der Waals surface area (Å²) < 4.78 is 13.3. The molecule has 0 fully saturated rings. The van der Waals surface area contributed by atoms with Gasteiger partial charge in [-0.2, -0.15) is 0 Å². The van der Waals surface area contributed by atoms with Gasteiger partial charge >= 0.3 is 0 Å². The number of ether oxygens (including phenoxy) is 1. The highest BCUT2D eigenvalue weighted by molar-refractivity contribution is 7.17. The van der Waals surface area contributed by atoms with Crippen molar-refractivity contribution in [2.75, 3.05) is 0 Å². The van der Waals surface area contributed by atoms with E-state index < -0.39 is 0 Å². The number of carbonyl (C=O) groups is 2. The Bertz CT molecular complexity index is 1540. The molecule has 1 aromatic carbocycles. The number of Topliss-reactive ketones (excluding diaryl/α,β-unsaturated/α-hetero) is 1. The number of benzene rings is 1. The van der Waals surface area contributed by atoms with Gasteiger partial charge in [0.2, 0.25) is 0 Å². The Morgan fingerprint density at radius 2 is 2.00 bits per heavy atom. The third-order valence-electron chi connectivity index (χ3n) is 6.57. The van der Waals surface area contributed by atoms with Gasteiger partial charge in [-0.25, -0.2) is 0 Å². The summed E-state index contributed by atoms with van der Waals surface area (Å²) in [6, 6.07) is 11.7. The van der Waals surface area contributed by atoms with Crippen molar-refractivity contribution in [3.63, 3.8) is 0 Å². The summed E-state index contributed by atoms with van der Waals surface area (Å²) >= 11 is 8.00. The van der Waals surface area contributed by atoms with Gasteiger partial charge in [-0.1, -0.05) is 16.8 Å². The molecule has 3 aromatic heterocycles. The first-order valence-electron chi connectivity index (χ1n) is 12.1. The molecule has 37 heavy (non-hydrogen) atoms. The molecule has 4 aromatic rings. The lowest BCUT2D eigenvalue weighted by Crippen LogP contribution is -2.14. The molecule has 6 nitrogen and oxygen atoms in total. The Kier molecular flexibility index (Phi) is 6.92. The molecule has 8 heteroatoms. The molecule has 0 bridgehead atoms. The van der Waals surface area contributed by atoms with Crippen molar-refractivity contribution in [2.24, 2.45) is 0 Å². The maximum Gasteiger partial charge on any atom is 0.180 e. The first-order chi connectivity index (χ1) is 17.7. The summed E-state index contributed by atoms with van der Waals surface area (Å²) in [5.41, 5.74) is 4.99. The van der Waals surface area contributed by atoms with Gasteiger partial charge in [-0.3, -0.25) is 14.2 Å². The smallest absolute Gasteiger partial charge is 0.180 e. The van der Waals surface area contributed by atoms with Gasteiger partial charge in [0, 0.05) is 40.7 Å². The summed E-state index contributed by atoms with van der Waals surface area (Å²) in [5, 5.41) is 4.66. The Hall–Kier alpha value is -3.42. The lowest BCUT2D eigenvalue weighted by atomic mass is 10.0. The third-order valence-corrected chi connectivity index (χ3v) is 8.08. The number of aromatic nitrogens is 2. The average molecular weight is 535 g/mol. The van der Waals surface area contributed by atoms with E-state index in [0.717, 1.165) is 49.4 Å². The molecule has 0 N–H and O–H groups in total. The predicted molar refractivity (Wildman–Crippen MR) is 146 cm³/mol. The topological polar surface area (TPSA) is 74.3 Å². The summed E-state index contributed by atoms with van der Waals surface area (Å²) in [5.74, 6) is 2.27. The first kappa shape index (κ1) is 25.2. The van der Waals surface area contributed by atoms with E-state index >= 15 is 0 Å². The number of rotatable bonds is 8. The fourth-order valence-electron chi connectivity index (χ4n) is 4.71. The quantitative estimate of drug-likeness (QED) is 0.174. The van der Waals surface area contributed by atoms with E-state index in [9.17, 15) is 9.59 Å². The van der Waals surface area contributed by atoms with E-state index in [0.29, 0.717) is 30.0 Å². The van der Waals surface area contributed by atoms with Gasteiger partial charge in [0.15, 0.2) is 17.4 Å². The van der Waals surface area contributed by atoms with Crippen LogP contribution in [0.25, 0.3) is 22.3 Å². The fraction of sp³-hybridized carbons (Fsp3) is 0.276. The van der Waals surface area contributed by atoms with Crippen molar-refractivity contribution < 1.29 is 18.8 Å². The van der Waals surface area contributed by atoms with Crippen LogP contribution in [0.5, 0.6) is 5.75 Å². The van der Waals surface area contributed by atoms with Crippen molar-refractivity contribution in [3.8, 4) is 22.0 Å². The Labute approximate surface area is 224 Å². The van der Waals surface area contributed by atoms with Gasteiger partial charge in [0.1, 0.15) is 17.6 Å². The summed E-state index contributed by atoms with van der Waals surface area (Å²) in [7, 11) is 0. The maximum absolute atomic E-state index is 12.7. The maximum atomic E-state index is 12.7. The van der Waals surface area contributed by atoms with E-state index in [4.69, 9.17) is 20.9 Å². The van der Waals surface area contributed by atoms with Crippen LogP contribution in [0.1, 0.15) is 57.7 Å². The van der Waals surface area contributed by atoms with Crippen molar-refractivity contribution in [3.05, 3.63) is 80.6 Å². The molecule has 1 unspecified atom stereocenters. The molecule has 0 aliphatic carbocycles. The highest BCUT2D eigenvalue weighted by Crippen LogP contribution is 2.41. The number of aryl methyl sites for hydroxylation is 2. The van der Waals surface area contributed by atoms with E-state index in [2.05, 4.69) is 11.2 Å². The summed E-state index contributed by atoms with van der Waals surface area (Å²) in [6.07, 6.45) is 5.08. The largest absolute Gasteiger partial charge is 0.488 e. The van der Waals surface area contributed by atoms with E-state index in [1.54, 1.807) is 13.0 Å². The SMILES string of the molecule is CC(=O)c1ccc(-c2cc(Cl)c3c(c2)CC(CCC(=O)/C=C/c2cc(C)n(-c4cc(C)on4)c2C)O3)s1. The molecule has 1 aliphatic heterocycles. The second-order valence-corrected chi connectivity index (χ2v) is 10.9. The number of allylic oxidation sites excluding steroid dienone is 1. The number of hydrogen-bond donors (Lipinski definition) is 0. The average Bonchev–Trinajstić information content (AvgIpc) is 3.63. The molecular formula is C29H27ClN2O4S. The van der Waals surface area contributed by atoms with Crippen molar-refractivity contribution >= 4 is 40.6 Å². The monoisotopic (exact) mass is 534 g/mol. The molecule has 190 valence electrons. The van der Waals surface area contributed by atoms with Crippen LogP contribution in [-0.2, 0) is 11.2 Å². The van der Waals surface area contributed by atoms with Gasteiger partial charge < -0.3 is 9.26 Å². The highest BCUT2D eigenvalue weighted by atomic mass is 35.5. The Morgan fingerprint density at radius 3 is 2.70 bits per heavy atom. The molecule has 0 spiro atoms. The minimum absolute atomic E-state index is 0.0452. The molecule has 0 radical (unpaired) electrons. The van der Waals surface area contributed by atoms with E-state index in [1.807, 2.05) is 61.7 Å². The minimum atomic E-state index is -0.100. The second kappa shape index (κ2) is 10.1. The lowest BCUT2D eigenvalue weighted by molar-refractivity contribution is -0.115. The number of hydrogen-bond acceptors (Lipinski definition) is 6. The molecule has 4 heterocycles. The van der Waals surface area contributed by atoms with Gasteiger partial charge in [-0.15, -0.1) is 11.3 Å². The van der Waals surface area contributed by atoms with Crippen LogP contribution in [0.4, 0.5) is 0 Å². The Balaban J connectivity index is 1.21. The Morgan fingerprint density at radius 1 is 1.19 bits per heavy atom. The number of carbonyl (C=O) groups excluding carboxylic acids is 2. The second-order valence-electron chi connectivity index (χ2n) is 9.41. The number of fused-ring (bicyclic) bond motifs is 1. The van der Waals surface area contributed by atoms with E-state index in [1.165, 1.54) is 11.3 Å². The van der Waals surface area contributed by atoms with Crippen LogP contribution in [-0.4, -0.2) is 27.4 Å². The van der Waals surface area contributed by atoms with Crippen molar-refractivity contribution in [1.29, 1.82) is 0 Å². The van der Waals surface area contributed by atoms with Gasteiger partial charge in [0.25, 0.3) is 0 Å². The van der Waals surface area contributed by atoms with Crippen molar-refractivity contribution in [2.45, 2.75) is 53.1 Å². The minimum Gasteiger partial charge on any atom is -0.488 e. The van der Waals surface area contributed by atoms with Crippen LogP contribution < -0.4 is 4.74 Å². The summed E-state index contributed by atoms with van der Waals surface area (Å²) in [6.45, 7) is 7.43. The zero-order valence-corrected chi connectivity index (χ0v) is 22.7. The number of halogens is 1. The zero-order chi connectivity index (χ0) is 26.3. The molecule has 0 saturated heterocycles. The molecule has 1 atom stereocenters. The molecule has 1 aliphatic rings. The number of thiophene rings is 1. The third kappa shape index (κ3) is 5.20. The molecular weight excluding hydrogens is 508 g/mol. The van der Waals surface area contributed by atoms with Gasteiger partial charge in [0.05, 0.1) is 9.90 Å². The fourth-order valence-corrected chi connectivity index (χ4v) is 5.88.